The maximum atomic E-state index is 13.6. The number of halogens is 1. The summed E-state index contributed by atoms with van der Waals surface area (Å²) in [5.41, 5.74) is 7.35. The Kier molecular flexibility index (Phi) is 5.36. The lowest BCUT2D eigenvalue weighted by Crippen LogP contribution is -2.30. The largest absolute Gasteiger partial charge is 0.494 e. The van der Waals surface area contributed by atoms with Crippen LogP contribution in [0, 0.1) is 17.2 Å². The molecule has 0 aliphatic heterocycles. The summed E-state index contributed by atoms with van der Waals surface area (Å²) < 4.78 is 18.5. The lowest BCUT2D eigenvalue weighted by Gasteiger charge is -2.29. The van der Waals surface area contributed by atoms with Crippen LogP contribution in [0.15, 0.2) is 18.2 Å². The van der Waals surface area contributed by atoms with Crippen molar-refractivity contribution in [3.63, 3.8) is 0 Å². The summed E-state index contributed by atoms with van der Waals surface area (Å²) in [5.74, 6) is 0.488. The second-order valence-electron chi connectivity index (χ2n) is 6.44. The van der Waals surface area contributed by atoms with Crippen LogP contribution in [0.3, 0.4) is 0 Å². The monoisotopic (exact) mass is 267 g/mol. The highest BCUT2D eigenvalue weighted by atomic mass is 19.1. The Bertz CT molecular complexity index is 412. The summed E-state index contributed by atoms with van der Waals surface area (Å²) in [4.78, 5) is 0. The standard InChI is InChI=1S/C16H26FNO/c1-11(16(2,3)4)8-13(18)9-12-6-7-15(19-5)14(17)10-12/h6-7,10-11,13H,8-9,18H2,1-5H3. The van der Waals surface area contributed by atoms with E-state index in [-0.39, 0.29) is 23.0 Å². The van der Waals surface area contributed by atoms with Crippen molar-refractivity contribution < 1.29 is 9.13 Å². The highest BCUT2D eigenvalue weighted by Gasteiger charge is 2.22. The van der Waals surface area contributed by atoms with Gasteiger partial charge in [0.2, 0.25) is 0 Å². The first-order valence-corrected chi connectivity index (χ1v) is 6.82. The van der Waals surface area contributed by atoms with Crippen LogP contribution in [0.25, 0.3) is 0 Å². The van der Waals surface area contributed by atoms with Crippen molar-refractivity contribution in [1.29, 1.82) is 0 Å². The van der Waals surface area contributed by atoms with E-state index in [9.17, 15) is 4.39 Å². The number of hydrogen-bond acceptors (Lipinski definition) is 2. The Balaban J connectivity index is 2.62. The van der Waals surface area contributed by atoms with Crippen molar-refractivity contribution in [3.8, 4) is 5.75 Å². The van der Waals surface area contributed by atoms with E-state index in [4.69, 9.17) is 10.5 Å². The van der Waals surface area contributed by atoms with Crippen molar-refractivity contribution in [3.05, 3.63) is 29.6 Å². The van der Waals surface area contributed by atoms with E-state index in [0.29, 0.717) is 12.3 Å². The Labute approximate surface area is 116 Å². The molecule has 2 atom stereocenters. The fourth-order valence-electron chi connectivity index (χ4n) is 2.03. The highest BCUT2D eigenvalue weighted by Crippen LogP contribution is 2.29. The Hall–Kier alpha value is -1.09. The van der Waals surface area contributed by atoms with Gasteiger partial charge in [-0.2, -0.15) is 0 Å². The van der Waals surface area contributed by atoms with Gasteiger partial charge in [-0.15, -0.1) is 0 Å². The fraction of sp³-hybridized carbons (Fsp3) is 0.625. The number of rotatable bonds is 5. The van der Waals surface area contributed by atoms with Gasteiger partial charge >= 0.3 is 0 Å². The van der Waals surface area contributed by atoms with E-state index in [1.54, 1.807) is 6.07 Å². The first-order chi connectivity index (χ1) is 8.74. The summed E-state index contributed by atoms with van der Waals surface area (Å²) in [6, 6.07) is 5.11. The minimum absolute atomic E-state index is 0.0574. The van der Waals surface area contributed by atoms with Crippen LogP contribution in [-0.4, -0.2) is 13.2 Å². The molecule has 2 unspecified atom stereocenters. The molecule has 0 radical (unpaired) electrons. The molecule has 0 amide bonds. The second kappa shape index (κ2) is 6.38. The van der Waals surface area contributed by atoms with E-state index in [0.717, 1.165) is 12.0 Å². The van der Waals surface area contributed by atoms with Gasteiger partial charge in [0.05, 0.1) is 7.11 Å². The molecule has 0 heterocycles. The van der Waals surface area contributed by atoms with Crippen LogP contribution in [0.2, 0.25) is 0 Å². The predicted molar refractivity (Wildman–Crippen MR) is 77.9 cm³/mol. The van der Waals surface area contributed by atoms with E-state index in [1.807, 2.05) is 6.07 Å². The van der Waals surface area contributed by atoms with Gasteiger partial charge in [0.25, 0.3) is 0 Å². The number of benzene rings is 1. The molecule has 1 aromatic carbocycles. The lowest BCUT2D eigenvalue weighted by molar-refractivity contribution is 0.233. The van der Waals surface area contributed by atoms with Crippen LogP contribution < -0.4 is 10.5 Å². The number of nitrogens with two attached hydrogens (primary N) is 1. The summed E-state index contributed by atoms with van der Waals surface area (Å²) in [6.45, 7) is 8.88. The van der Waals surface area contributed by atoms with Crippen molar-refractivity contribution >= 4 is 0 Å². The topological polar surface area (TPSA) is 35.2 Å². The zero-order valence-corrected chi connectivity index (χ0v) is 12.7. The molecule has 0 saturated carbocycles. The molecule has 0 aliphatic carbocycles. The van der Waals surface area contributed by atoms with Gasteiger partial charge < -0.3 is 10.5 Å². The first-order valence-electron chi connectivity index (χ1n) is 6.82. The van der Waals surface area contributed by atoms with Crippen molar-refractivity contribution in [2.45, 2.75) is 46.6 Å². The minimum atomic E-state index is -0.323. The molecule has 1 aromatic rings. The third-order valence-electron chi connectivity index (χ3n) is 3.85. The Morgan fingerprint density at radius 3 is 2.42 bits per heavy atom. The second-order valence-corrected chi connectivity index (χ2v) is 6.44. The molecule has 0 fully saturated rings. The molecule has 0 aliphatic rings. The quantitative estimate of drug-likeness (QED) is 0.881. The molecule has 2 N–H and O–H groups in total. The van der Waals surface area contributed by atoms with E-state index in [2.05, 4.69) is 27.7 Å². The van der Waals surface area contributed by atoms with Gasteiger partial charge in [0.15, 0.2) is 11.6 Å². The molecule has 0 saturated heterocycles. The predicted octanol–water partition coefficient (Wildman–Crippen LogP) is 3.78. The van der Waals surface area contributed by atoms with Crippen LogP contribution >= 0.6 is 0 Å². The molecule has 0 bridgehead atoms. The average Bonchev–Trinajstić information content (AvgIpc) is 2.27. The Morgan fingerprint density at radius 1 is 1.32 bits per heavy atom. The number of methoxy groups -OCH3 is 1. The van der Waals surface area contributed by atoms with Crippen LogP contribution in [0.1, 0.15) is 39.7 Å². The van der Waals surface area contributed by atoms with Crippen LogP contribution in [0.5, 0.6) is 5.75 Å². The zero-order chi connectivity index (χ0) is 14.6. The highest BCUT2D eigenvalue weighted by molar-refractivity contribution is 5.29. The molecule has 3 heteroatoms. The molecular weight excluding hydrogens is 241 g/mol. The molecule has 2 nitrogen and oxygen atoms in total. The minimum Gasteiger partial charge on any atom is -0.494 e. The van der Waals surface area contributed by atoms with Gasteiger partial charge in [-0.3, -0.25) is 0 Å². The van der Waals surface area contributed by atoms with Gasteiger partial charge in [-0.05, 0) is 41.9 Å². The number of hydrogen-bond donors (Lipinski definition) is 1. The van der Waals surface area contributed by atoms with E-state index >= 15 is 0 Å². The normalized spacial score (nSPS) is 15.1. The summed E-state index contributed by atoms with van der Waals surface area (Å²) >= 11 is 0. The smallest absolute Gasteiger partial charge is 0.165 e. The van der Waals surface area contributed by atoms with Crippen LogP contribution in [0.4, 0.5) is 4.39 Å². The Morgan fingerprint density at radius 2 is 1.95 bits per heavy atom. The number of ether oxygens (including phenoxy) is 1. The first kappa shape index (κ1) is 16.0. The molecule has 108 valence electrons. The SMILES string of the molecule is COc1ccc(CC(N)CC(C)C(C)(C)C)cc1F. The molecule has 0 spiro atoms. The van der Waals surface area contributed by atoms with Crippen molar-refractivity contribution in [1.82, 2.24) is 0 Å². The maximum Gasteiger partial charge on any atom is 0.165 e. The third-order valence-corrected chi connectivity index (χ3v) is 3.85. The molecule has 1 rings (SSSR count). The van der Waals surface area contributed by atoms with Crippen molar-refractivity contribution in [2.24, 2.45) is 17.1 Å². The fourth-order valence-corrected chi connectivity index (χ4v) is 2.03. The average molecular weight is 267 g/mol. The van der Waals surface area contributed by atoms with Gasteiger partial charge in [0, 0.05) is 6.04 Å². The zero-order valence-electron chi connectivity index (χ0n) is 12.7. The maximum absolute atomic E-state index is 13.6. The molecular formula is C16H26FNO. The summed E-state index contributed by atoms with van der Waals surface area (Å²) in [7, 11) is 1.47. The van der Waals surface area contributed by atoms with Crippen LogP contribution in [-0.2, 0) is 6.42 Å². The molecule has 19 heavy (non-hydrogen) atoms. The van der Waals surface area contributed by atoms with Crippen molar-refractivity contribution in [2.75, 3.05) is 7.11 Å². The third kappa shape index (κ3) is 4.83. The van der Waals surface area contributed by atoms with Gasteiger partial charge in [-0.25, -0.2) is 4.39 Å². The lowest BCUT2D eigenvalue weighted by atomic mass is 9.78. The summed E-state index contributed by atoms with van der Waals surface area (Å²) in [5, 5.41) is 0. The van der Waals surface area contributed by atoms with Gasteiger partial charge in [-0.1, -0.05) is 33.8 Å². The van der Waals surface area contributed by atoms with Gasteiger partial charge in [0.1, 0.15) is 0 Å². The van der Waals surface area contributed by atoms with E-state index < -0.39 is 0 Å². The van der Waals surface area contributed by atoms with E-state index in [1.165, 1.54) is 13.2 Å². The molecule has 0 aromatic heterocycles. The summed E-state index contributed by atoms with van der Waals surface area (Å²) in [6.07, 6.45) is 1.64.